The van der Waals surface area contributed by atoms with Crippen LogP contribution >= 0.6 is 0 Å². The smallest absolute Gasteiger partial charge is 0.191 e. The highest BCUT2D eigenvalue weighted by molar-refractivity contribution is 6.10. The van der Waals surface area contributed by atoms with Crippen LogP contribution in [-0.2, 0) is 6.42 Å². The first-order valence-corrected chi connectivity index (χ1v) is 7.86. The highest BCUT2D eigenvalue weighted by Gasteiger charge is 2.28. The third-order valence-electron chi connectivity index (χ3n) is 4.11. The molecular weight excluding hydrogens is 305 g/mol. The molecule has 124 valence electrons. The summed E-state index contributed by atoms with van der Waals surface area (Å²) in [6, 6.07) is 11.8. The largest absolute Gasteiger partial charge is 0.496 e. The SMILES string of the molecule is COc1ccccc1C(=O)/C=C1\NC(C)(C)Cc2cc(F)ccc21. The van der Waals surface area contributed by atoms with Gasteiger partial charge in [-0.2, -0.15) is 0 Å². The summed E-state index contributed by atoms with van der Waals surface area (Å²) in [6.45, 7) is 4.06. The van der Waals surface area contributed by atoms with Gasteiger partial charge >= 0.3 is 0 Å². The van der Waals surface area contributed by atoms with Crippen LogP contribution in [0.25, 0.3) is 5.70 Å². The topological polar surface area (TPSA) is 38.3 Å². The van der Waals surface area contributed by atoms with E-state index in [1.54, 1.807) is 43.5 Å². The van der Waals surface area contributed by atoms with Crippen LogP contribution in [0.15, 0.2) is 48.5 Å². The van der Waals surface area contributed by atoms with Gasteiger partial charge in [-0.1, -0.05) is 12.1 Å². The van der Waals surface area contributed by atoms with E-state index in [2.05, 4.69) is 5.32 Å². The molecule has 1 heterocycles. The van der Waals surface area contributed by atoms with Gasteiger partial charge < -0.3 is 10.1 Å². The van der Waals surface area contributed by atoms with E-state index in [4.69, 9.17) is 4.74 Å². The summed E-state index contributed by atoms with van der Waals surface area (Å²) in [4.78, 5) is 12.7. The van der Waals surface area contributed by atoms with Crippen LogP contribution in [0.3, 0.4) is 0 Å². The second kappa shape index (κ2) is 6.11. The monoisotopic (exact) mass is 325 g/mol. The van der Waals surface area contributed by atoms with Crippen molar-refractivity contribution in [3.8, 4) is 5.75 Å². The molecule has 0 spiro atoms. The summed E-state index contributed by atoms with van der Waals surface area (Å²) in [5.74, 6) is 0.124. The molecule has 3 rings (SSSR count). The number of nitrogens with one attached hydrogen (secondary N) is 1. The maximum atomic E-state index is 13.6. The molecule has 1 aliphatic rings. The van der Waals surface area contributed by atoms with Crippen molar-refractivity contribution >= 4 is 11.5 Å². The number of carbonyl (C=O) groups is 1. The van der Waals surface area contributed by atoms with Crippen LogP contribution in [-0.4, -0.2) is 18.4 Å². The van der Waals surface area contributed by atoms with Gasteiger partial charge in [0.15, 0.2) is 5.78 Å². The van der Waals surface area contributed by atoms with Crippen LogP contribution in [0.1, 0.15) is 35.3 Å². The zero-order chi connectivity index (χ0) is 17.3. The molecule has 2 aromatic rings. The van der Waals surface area contributed by atoms with E-state index in [9.17, 15) is 9.18 Å². The number of carbonyl (C=O) groups excluding carboxylic acids is 1. The second-order valence-electron chi connectivity index (χ2n) is 6.61. The van der Waals surface area contributed by atoms with E-state index in [0.717, 1.165) is 11.1 Å². The number of para-hydroxylation sites is 1. The van der Waals surface area contributed by atoms with Gasteiger partial charge in [-0.05, 0) is 56.2 Å². The molecule has 24 heavy (non-hydrogen) atoms. The number of ether oxygens (including phenoxy) is 1. The van der Waals surface area contributed by atoms with E-state index in [0.29, 0.717) is 23.4 Å². The molecule has 3 nitrogen and oxygen atoms in total. The average molecular weight is 325 g/mol. The number of methoxy groups -OCH3 is 1. The van der Waals surface area contributed by atoms with Gasteiger partial charge in [0.2, 0.25) is 0 Å². The molecule has 4 heteroatoms. The Morgan fingerprint density at radius 2 is 2.00 bits per heavy atom. The predicted octanol–water partition coefficient (Wildman–Crippen LogP) is 3.98. The van der Waals surface area contributed by atoms with Crippen molar-refractivity contribution in [3.63, 3.8) is 0 Å². The van der Waals surface area contributed by atoms with Crippen molar-refractivity contribution in [3.05, 3.63) is 71.0 Å². The van der Waals surface area contributed by atoms with Crippen LogP contribution in [0.4, 0.5) is 4.39 Å². The van der Waals surface area contributed by atoms with E-state index in [-0.39, 0.29) is 17.1 Å². The summed E-state index contributed by atoms with van der Waals surface area (Å²) in [5.41, 5.74) is 2.71. The summed E-state index contributed by atoms with van der Waals surface area (Å²) < 4.78 is 18.8. The first-order valence-electron chi connectivity index (χ1n) is 7.86. The minimum Gasteiger partial charge on any atom is -0.496 e. The number of halogens is 1. The Balaban J connectivity index is 2.05. The van der Waals surface area contributed by atoms with E-state index in [1.807, 2.05) is 19.9 Å². The molecule has 0 aliphatic carbocycles. The quantitative estimate of drug-likeness (QED) is 0.685. The Hall–Kier alpha value is -2.62. The van der Waals surface area contributed by atoms with Gasteiger partial charge in [0.05, 0.1) is 12.7 Å². The number of hydrogen-bond donors (Lipinski definition) is 1. The van der Waals surface area contributed by atoms with Crippen LogP contribution in [0, 0.1) is 5.82 Å². The molecule has 1 N–H and O–H groups in total. The fraction of sp³-hybridized carbons (Fsp3) is 0.250. The third-order valence-corrected chi connectivity index (χ3v) is 4.11. The lowest BCUT2D eigenvalue weighted by atomic mass is 9.85. The Bertz CT molecular complexity index is 824. The highest BCUT2D eigenvalue weighted by Crippen LogP contribution is 2.31. The lowest BCUT2D eigenvalue weighted by molar-refractivity contribution is 0.104. The molecule has 0 saturated carbocycles. The van der Waals surface area contributed by atoms with Crippen molar-refractivity contribution in [2.75, 3.05) is 7.11 Å². The molecule has 1 aliphatic heterocycles. The molecular formula is C20H20FNO2. The van der Waals surface area contributed by atoms with Crippen molar-refractivity contribution in [1.29, 1.82) is 0 Å². The normalized spacial score (nSPS) is 17.1. The average Bonchev–Trinajstić information content (AvgIpc) is 2.53. The lowest BCUT2D eigenvalue weighted by Gasteiger charge is -2.35. The summed E-state index contributed by atoms with van der Waals surface area (Å²) in [7, 11) is 1.54. The molecule has 0 atom stereocenters. The standard InChI is InChI=1S/C20H20FNO2/c1-20(2)12-13-10-14(21)8-9-15(13)17(22-20)11-18(23)16-6-4-5-7-19(16)24-3/h4-11,22H,12H2,1-3H3/b17-11-. The number of benzene rings is 2. The number of hydrogen-bond acceptors (Lipinski definition) is 3. The molecule has 0 radical (unpaired) electrons. The summed E-state index contributed by atoms with van der Waals surface area (Å²) in [5, 5.41) is 3.38. The summed E-state index contributed by atoms with van der Waals surface area (Å²) >= 11 is 0. The maximum absolute atomic E-state index is 13.6. The van der Waals surface area contributed by atoms with E-state index in [1.165, 1.54) is 6.07 Å². The highest BCUT2D eigenvalue weighted by atomic mass is 19.1. The fourth-order valence-corrected chi connectivity index (χ4v) is 3.09. The van der Waals surface area contributed by atoms with Gasteiger partial charge in [0.25, 0.3) is 0 Å². The molecule has 0 amide bonds. The Morgan fingerprint density at radius 3 is 2.75 bits per heavy atom. The van der Waals surface area contributed by atoms with Crippen molar-refractivity contribution in [2.45, 2.75) is 25.8 Å². The molecule has 0 saturated heterocycles. The predicted molar refractivity (Wildman–Crippen MR) is 92.6 cm³/mol. The zero-order valence-corrected chi connectivity index (χ0v) is 14.0. The summed E-state index contributed by atoms with van der Waals surface area (Å²) in [6.07, 6.45) is 2.26. The molecule has 0 fully saturated rings. The van der Waals surface area contributed by atoms with Gasteiger partial charge in [-0.15, -0.1) is 0 Å². The van der Waals surface area contributed by atoms with E-state index >= 15 is 0 Å². The number of fused-ring (bicyclic) bond motifs is 1. The second-order valence-corrected chi connectivity index (χ2v) is 6.61. The molecule has 0 unspecified atom stereocenters. The van der Waals surface area contributed by atoms with Gasteiger partial charge in [-0.3, -0.25) is 4.79 Å². The minimum atomic E-state index is -0.262. The zero-order valence-electron chi connectivity index (χ0n) is 14.0. The number of rotatable bonds is 3. The van der Waals surface area contributed by atoms with Gasteiger partial charge in [-0.25, -0.2) is 4.39 Å². The van der Waals surface area contributed by atoms with Crippen LogP contribution < -0.4 is 10.1 Å². The Kier molecular flexibility index (Phi) is 4.14. The number of ketones is 1. The van der Waals surface area contributed by atoms with Crippen molar-refractivity contribution in [2.24, 2.45) is 0 Å². The molecule has 2 aromatic carbocycles. The van der Waals surface area contributed by atoms with Crippen molar-refractivity contribution < 1.29 is 13.9 Å². The fourth-order valence-electron chi connectivity index (χ4n) is 3.09. The van der Waals surface area contributed by atoms with Crippen LogP contribution in [0.5, 0.6) is 5.75 Å². The first kappa shape index (κ1) is 16.2. The minimum absolute atomic E-state index is 0.150. The first-order chi connectivity index (χ1) is 11.4. The van der Waals surface area contributed by atoms with Crippen molar-refractivity contribution in [1.82, 2.24) is 5.32 Å². The Morgan fingerprint density at radius 1 is 1.25 bits per heavy atom. The number of allylic oxidation sites excluding steroid dienone is 1. The van der Waals surface area contributed by atoms with Crippen LogP contribution in [0.2, 0.25) is 0 Å². The van der Waals surface area contributed by atoms with Gasteiger partial charge in [0, 0.05) is 22.9 Å². The lowest BCUT2D eigenvalue weighted by Crippen LogP contribution is -2.43. The Labute approximate surface area is 141 Å². The molecule has 0 aromatic heterocycles. The maximum Gasteiger partial charge on any atom is 0.191 e. The molecule has 0 bridgehead atoms. The van der Waals surface area contributed by atoms with Gasteiger partial charge in [0.1, 0.15) is 11.6 Å². The third kappa shape index (κ3) is 3.18. The van der Waals surface area contributed by atoms with E-state index < -0.39 is 0 Å².